The Labute approximate surface area is 267 Å². The molecular weight excluding hydrogens is 606 g/mol. The van der Waals surface area contributed by atoms with Crippen molar-refractivity contribution in [3.63, 3.8) is 0 Å². The molecule has 240 valence electrons. The average molecular weight is 648 g/mol. The first kappa shape index (κ1) is 33.2. The first-order valence-electron chi connectivity index (χ1n) is 15.3. The fourth-order valence-corrected chi connectivity index (χ4v) is 7.36. The van der Waals surface area contributed by atoms with Gasteiger partial charge in [0.05, 0.1) is 30.1 Å². The smallest absolute Gasteiger partial charge is 0.245 e. The lowest BCUT2D eigenvalue weighted by Crippen LogP contribution is -2.52. The van der Waals surface area contributed by atoms with Gasteiger partial charge in [-0.15, -0.1) is 11.8 Å². The highest BCUT2D eigenvalue weighted by atomic mass is 35.5. The number of ketones is 1. The molecule has 44 heavy (non-hydrogen) atoms. The zero-order valence-electron chi connectivity index (χ0n) is 24.7. The number of aryl methyl sites for hydroxylation is 1. The largest absolute Gasteiger partial charge is 0.394 e. The number of aliphatic hydroxyl groups is 5. The number of halogens is 1. The van der Waals surface area contributed by atoms with Crippen molar-refractivity contribution in [3.05, 3.63) is 58.6 Å². The van der Waals surface area contributed by atoms with Crippen molar-refractivity contribution in [1.29, 1.82) is 0 Å². The van der Waals surface area contributed by atoms with Crippen LogP contribution in [0.15, 0.2) is 42.5 Å². The second-order valence-corrected chi connectivity index (χ2v) is 13.4. The van der Waals surface area contributed by atoms with Gasteiger partial charge in [-0.3, -0.25) is 14.5 Å². The van der Waals surface area contributed by atoms with Gasteiger partial charge in [-0.25, -0.2) is 0 Å². The number of hydrogen-bond acceptors (Lipinski definition) is 10. The third-order valence-corrected chi connectivity index (χ3v) is 10.2. The van der Waals surface area contributed by atoms with Gasteiger partial charge in [0, 0.05) is 55.2 Å². The van der Waals surface area contributed by atoms with Crippen LogP contribution in [-0.4, -0.2) is 110 Å². The lowest BCUT2D eigenvalue weighted by atomic mass is 9.97. The summed E-state index contributed by atoms with van der Waals surface area (Å²) in [5.41, 5.74) is 3.95. The minimum Gasteiger partial charge on any atom is -0.394 e. The maximum atomic E-state index is 13.9. The Morgan fingerprint density at radius 1 is 0.955 bits per heavy atom. The standard InChI is InChI=1S/C32H42ClN3O7S/c33-24-11-6-20(5-9-23(38)10-12-28(39)30(41)31(42)29(40)17-37)15-21(24)16-34-19-44-18-27(34)32(43)36-14-13-35(22-7-8-22)25-3-1-2-4-26(25)36/h1-4,6,11,15,22,27-31,37,39-42H,5,7-10,12-14,16-19H2/t27-,28-,29+,30+,31+/m0/s1. The number of fused-ring (bicyclic) bond motifs is 1. The zero-order valence-corrected chi connectivity index (χ0v) is 26.2. The van der Waals surface area contributed by atoms with E-state index in [0.717, 1.165) is 34.9 Å². The molecule has 10 nitrogen and oxygen atoms in total. The van der Waals surface area contributed by atoms with E-state index in [0.29, 0.717) is 36.3 Å². The van der Waals surface area contributed by atoms with Gasteiger partial charge < -0.3 is 35.3 Å². The van der Waals surface area contributed by atoms with Crippen LogP contribution in [0, 0.1) is 0 Å². The first-order chi connectivity index (χ1) is 21.2. The van der Waals surface area contributed by atoms with Gasteiger partial charge >= 0.3 is 0 Å². The summed E-state index contributed by atoms with van der Waals surface area (Å²) in [6.45, 7) is 1.27. The fourth-order valence-electron chi connectivity index (χ4n) is 5.99. The number of rotatable bonds is 14. The van der Waals surface area contributed by atoms with Crippen LogP contribution in [0.2, 0.25) is 5.02 Å². The van der Waals surface area contributed by atoms with E-state index in [9.17, 15) is 30.0 Å². The Hall–Kier alpha value is -2.22. The number of thioether (sulfide) groups is 1. The lowest BCUT2D eigenvalue weighted by molar-refractivity contribution is -0.125. The Bertz CT molecular complexity index is 1310. The summed E-state index contributed by atoms with van der Waals surface area (Å²) in [7, 11) is 0. The van der Waals surface area contributed by atoms with E-state index >= 15 is 0 Å². The Kier molecular flexibility index (Phi) is 11.2. The maximum Gasteiger partial charge on any atom is 0.245 e. The Balaban J connectivity index is 1.16. The molecular formula is C32H42ClN3O7S. The third-order valence-electron chi connectivity index (χ3n) is 8.78. The van der Waals surface area contributed by atoms with Gasteiger partial charge in [0.15, 0.2) is 0 Å². The molecule has 2 aromatic rings. The van der Waals surface area contributed by atoms with Crippen molar-refractivity contribution < 1.29 is 35.1 Å². The molecule has 0 bridgehead atoms. The van der Waals surface area contributed by atoms with Crippen LogP contribution in [-0.2, 0) is 22.6 Å². The molecule has 0 aromatic heterocycles. The number of anilines is 2. The SMILES string of the molecule is O=C(CCc1ccc(Cl)c(CN2CSC[C@H]2C(=O)N2CCN(C3CC3)c3ccccc32)c1)CC[C@H](O)[C@@H](O)[C@H](O)[C@H](O)CO. The van der Waals surface area contributed by atoms with Crippen LogP contribution in [0.3, 0.4) is 0 Å². The van der Waals surface area contributed by atoms with Gasteiger partial charge in [-0.1, -0.05) is 35.9 Å². The number of para-hydroxylation sites is 2. The summed E-state index contributed by atoms with van der Waals surface area (Å²) < 4.78 is 0. The summed E-state index contributed by atoms with van der Waals surface area (Å²) in [5.74, 6) is 1.43. The van der Waals surface area contributed by atoms with Crippen molar-refractivity contribution in [2.75, 3.05) is 41.1 Å². The molecule has 1 amide bonds. The molecule has 5 atom stereocenters. The molecule has 2 heterocycles. The molecule has 1 aliphatic carbocycles. The van der Waals surface area contributed by atoms with Crippen molar-refractivity contribution >= 4 is 46.4 Å². The van der Waals surface area contributed by atoms with E-state index in [1.54, 1.807) is 11.8 Å². The lowest BCUT2D eigenvalue weighted by Gasteiger charge is -2.39. The predicted octanol–water partition coefficient (Wildman–Crippen LogP) is 1.95. The molecule has 1 saturated carbocycles. The van der Waals surface area contributed by atoms with Crippen molar-refractivity contribution in [2.45, 2.75) is 81.6 Å². The fraction of sp³-hybridized carbons (Fsp3) is 0.562. The van der Waals surface area contributed by atoms with Crippen molar-refractivity contribution in [3.8, 4) is 0 Å². The molecule has 2 aliphatic heterocycles. The zero-order chi connectivity index (χ0) is 31.4. The quantitative estimate of drug-likeness (QED) is 0.206. The van der Waals surface area contributed by atoms with Crippen LogP contribution in [0.4, 0.5) is 11.4 Å². The predicted molar refractivity (Wildman–Crippen MR) is 171 cm³/mol. The highest BCUT2D eigenvalue weighted by Gasteiger charge is 2.40. The minimum atomic E-state index is -1.71. The van der Waals surface area contributed by atoms with Gasteiger partial charge in [-0.05, 0) is 55.0 Å². The number of amides is 1. The highest BCUT2D eigenvalue weighted by Crippen LogP contribution is 2.40. The number of nitrogens with zero attached hydrogens (tertiary/aromatic N) is 3. The van der Waals surface area contributed by atoms with E-state index in [2.05, 4.69) is 15.9 Å². The van der Waals surface area contributed by atoms with E-state index in [1.165, 1.54) is 12.8 Å². The van der Waals surface area contributed by atoms with Gasteiger partial charge in [0.1, 0.15) is 24.1 Å². The van der Waals surface area contributed by atoms with Gasteiger partial charge in [-0.2, -0.15) is 0 Å². The first-order valence-corrected chi connectivity index (χ1v) is 16.8. The van der Waals surface area contributed by atoms with E-state index in [-0.39, 0.29) is 37.0 Å². The van der Waals surface area contributed by atoms with E-state index in [1.807, 2.05) is 41.3 Å². The molecule has 0 unspecified atom stereocenters. The number of aliphatic hydroxyl groups excluding tert-OH is 5. The second-order valence-electron chi connectivity index (χ2n) is 12.0. The van der Waals surface area contributed by atoms with Gasteiger partial charge in [0.2, 0.25) is 5.91 Å². The molecule has 2 aromatic carbocycles. The molecule has 1 saturated heterocycles. The van der Waals surface area contributed by atoms with E-state index in [4.69, 9.17) is 16.7 Å². The third kappa shape index (κ3) is 7.76. The van der Waals surface area contributed by atoms with Crippen LogP contribution < -0.4 is 9.80 Å². The summed E-state index contributed by atoms with van der Waals surface area (Å²) >= 11 is 8.33. The molecule has 12 heteroatoms. The Morgan fingerprint density at radius 3 is 2.41 bits per heavy atom. The number of benzene rings is 2. The van der Waals surface area contributed by atoms with E-state index < -0.39 is 31.0 Å². The maximum absolute atomic E-state index is 13.9. The topological polar surface area (TPSA) is 145 Å². The number of carbonyl (C=O) groups excluding carboxylic acids is 2. The second kappa shape index (κ2) is 14.9. The number of carbonyl (C=O) groups is 2. The minimum absolute atomic E-state index is 0.00650. The summed E-state index contributed by atoms with van der Waals surface area (Å²) in [5, 5.41) is 48.8. The number of Topliss-reactive ketones (excluding diaryl/α,β-unsaturated/α-hetero) is 1. The molecule has 5 N–H and O–H groups in total. The summed E-state index contributed by atoms with van der Waals surface area (Å²) in [4.78, 5) is 33.0. The van der Waals surface area contributed by atoms with Crippen LogP contribution in [0.5, 0.6) is 0 Å². The number of hydrogen-bond donors (Lipinski definition) is 5. The molecule has 0 spiro atoms. The Morgan fingerprint density at radius 2 is 1.68 bits per heavy atom. The van der Waals surface area contributed by atoms with Crippen LogP contribution in [0.1, 0.15) is 43.2 Å². The molecule has 5 rings (SSSR count). The molecule has 3 aliphatic rings. The van der Waals surface area contributed by atoms with Crippen LogP contribution >= 0.6 is 23.4 Å². The summed E-state index contributed by atoms with van der Waals surface area (Å²) in [6, 6.07) is 14.2. The normalized spacial score (nSPS) is 21.5. The molecule has 2 fully saturated rings. The monoisotopic (exact) mass is 647 g/mol. The van der Waals surface area contributed by atoms with Crippen molar-refractivity contribution in [2.24, 2.45) is 0 Å². The van der Waals surface area contributed by atoms with Crippen molar-refractivity contribution in [1.82, 2.24) is 4.90 Å². The summed E-state index contributed by atoms with van der Waals surface area (Å²) in [6.07, 6.45) is -3.37. The highest BCUT2D eigenvalue weighted by molar-refractivity contribution is 7.99. The van der Waals surface area contributed by atoms with Gasteiger partial charge in [0.25, 0.3) is 0 Å². The molecule has 0 radical (unpaired) electrons. The average Bonchev–Trinajstić information content (AvgIpc) is 3.79. The van der Waals surface area contributed by atoms with Crippen LogP contribution in [0.25, 0.3) is 0 Å².